The summed E-state index contributed by atoms with van der Waals surface area (Å²) in [7, 11) is 0. The van der Waals surface area contributed by atoms with Crippen LogP contribution < -0.4 is 10.6 Å². The topological polar surface area (TPSA) is 91.6 Å². The molecule has 0 aromatic carbocycles. The smallest absolute Gasteiger partial charge is 0.315 e. The molecule has 1 aromatic rings. The van der Waals surface area contributed by atoms with Gasteiger partial charge in [-0.2, -0.15) is 0 Å². The van der Waals surface area contributed by atoms with Gasteiger partial charge in [0, 0.05) is 19.0 Å². The molecular formula is C13H20N2O4. The van der Waals surface area contributed by atoms with Gasteiger partial charge in [-0.25, -0.2) is 4.79 Å². The van der Waals surface area contributed by atoms with Gasteiger partial charge in [0.15, 0.2) is 0 Å². The van der Waals surface area contributed by atoms with Crippen molar-refractivity contribution in [2.75, 3.05) is 6.54 Å². The number of aryl methyl sites for hydroxylation is 2. The third kappa shape index (κ3) is 6.49. The van der Waals surface area contributed by atoms with E-state index >= 15 is 0 Å². The molecule has 6 nitrogen and oxygen atoms in total. The van der Waals surface area contributed by atoms with Gasteiger partial charge in [0.1, 0.15) is 11.5 Å². The Morgan fingerprint density at radius 2 is 2.16 bits per heavy atom. The number of carbonyl (C=O) groups excluding carboxylic acids is 1. The van der Waals surface area contributed by atoms with Gasteiger partial charge in [0.25, 0.3) is 0 Å². The lowest BCUT2D eigenvalue weighted by atomic mass is 10.1. The summed E-state index contributed by atoms with van der Waals surface area (Å²) in [4.78, 5) is 21.7. The SMILES string of the molecule is Cc1ccc(CCC(C)NC(=O)NCCC(=O)O)o1. The summed E-state index contributed by atoms with van der Waals surface area (Å²) >= 11 is 0. The summed E-state index contributed by atoms with van der Waals surface area (Å²) in [6, 6.07) is 3.49. The predicted molar refractivity (Wildman–Crippen MR) is 70.0 cm³/mol. The summed E-state index contributed by atoms with van der Waals surface area (Å²) in [5.74, 6) is 0.848. The van der Waals surface area contributed by atoms with Crippen molar-refractivity contribution < 1.29 is 19.1 Å². The lowest BCUT2D eigenvalue weighted by molar-refractivity contribution is -0.136. The Morgan fingerprint density at radius 3 is 2.74 bits per heavy atom. The van der Waals surface area contributed by atoms with E-state index < -0.39 is 5.97 Å². The van der Waals surface area contributed by atoms with E-state index in [0.29, 0.717) is 0 Å². The second-order valence-electron chi connectivity index (χ2n) is 4.50. The van der Waals surface area contributed by atoms with Crippen LogP contribution in [0, 0.1) is 6.92 Å². The summed E-state index contributed by atoms with van der Waals surface area (Å²) in [6.07, 6.45) is 1.44. The third-order valence-corrected chi connectivity index (χ3v) is 2.62. The van der Waals surface area contributed by atoms with Crippen molar-refractivity contribution in [3.8, 4) is 0 Å². The summed E-state index contributed by atoms with van der Waals surface area (Å²) in [5.41, 5.74) is 0. The molecule has 0 saturated carbocycles. The molecule has 0 bridgehead atoms. The first-order valence-corrected chi connectivity index (χ1v) is 6.29. The van der Waals surface area contributed by atoms with Crippen molar-refractivity contribution in [3.63, 3.8) is 0 Å². The van der Waals surface area contributed by atoms with Crippen LogP contribution in [-0.4, -0.2) is 29.7 Å². The van der Waals surface area contributed by atoms with Gasteiger partial charge in [-0.1, -0.05) is 0 Å². The number of carbonyl (C=O) groups is 2. The van der Waals surface area contributed by atoms with Gasteiger partial charge >= 0.3 is 12.0 Å². The van der Waals surface area contributed by atoms with Crippen LogP contribution in [0.25, 0.3) is 0 Å². The average molecular weight is 268 g/mol. The molecule has 3 N–H and O–H groups in total. The first-order valence-electron chi connectivity index (χ1n) is 6.29. The molecule has 2 amide bonds. The molecule has 0 spiro atoms. The van der Waals surface area contributed by atoms with E-state index in [1.807, 2.05) is 26.0 Å². The van der Waals surface area contributed by atoms with Crippen molar-refractivity contribution in [1.29, 1.82) is 0 Å². The molecule has 0 fully saturated rings. The molecule has 1 aromatic heterocycles. The Hall–Kier alpha value is -1.98. The molecule has 0 aliphatic carbocycles. The number of hydrogen-bond acceptors (Lipinski definition) is 3. The number of amides is 2. The number of furan rings is 1. The van der Waals surface area contributed by atoms with Crippen LogP contribution in [0.2, 0.25) is 0 Å². The van der Waals surface area contributed by atoms with E-state index in [4.69, 9.17) is 9.52 Å². The quantitative estimate of drug-likeness (QED) is 0.701. The van der Waals surface area contributed by atoms with Gasteiger partial charge in [0.2, 0.25) is 0 Å². The van der Waals surface area contributed by atoms with Crippen LogP contribution in [0.1, 0.15) is 31.3 Å². The molecule has 0 radical (unpaired) electrons. The van der Waals surface area contributed by atoms with Gasteiger partial charge in [-0.3, -0.25) is 4.79 Å². The Bertz CT molecular complexity index is 428. The molecule has 0 aliphatic heterocycles. The maximum Gasteiger partial charge on any atom is 0.315 e. The Morgan fingerprint density at radius 1 is 1.42 bits per heavy atom. The number of aliphatic carboxylic acids is 1. The number of hydrogen-bond donors (Lipinski definition) is 3. The molecule has 19 heavy (non-hydrogen) atoms. The minimum Gasteiger partial charge on any atom is -0.481 e. The first kappa shape index (κ1) is 15.1. The molecule has 0 aliphatic rings. The van der Waals surface area contributed by atoms with E-state index in [-0.39, 0.29) is 25.0 Å². The van der Waals surface area contributed by atoms with Crippen molar-refractivity contribution in [1.82, 2.24) is 10.6 Å². The number of carboxylic acid groups (broad SMARTS) is 1. The number of carboxylic acids is 1. The molecule has 6 heteroatoms. The zero-order valence-corrected chi connectivity index (χ0v) is 11.2. The van der Waals surface area contributed by atoms with Gasteiger partial charge < -0.3 is 20.2 Å². The zero-order valence-electron chi connectivity index (χ0n) is 11.2. The number of urea groups is 1. The van der Waals surface area contributed by atoms with Crippen molar-refractivity contribution in [3.05, 3.63) is 23.7 Å². The van der Waals surface area contributed by atoms with Crippen LogP contribution in [0.4, 0.5) is 4.79 Å². The fourth-order valence-corrected chi connectivity index (χ4v) is 1.61. The normalized spacial score (nSPS) is 11.9. The van der Waals surface area contributed by atoms with Crippen molar-refractivity contribution in [2.45, 2.75) is 39.2 Å². The number of rotatable bonds is 7. The lowest BCUT2D eigenvalue weighted by Gasteiger charge is -2.13. The van der Waals surface area contributed by atoms with E-state index in [1.54, 1.807) is 0 Å². The monoisotopic (exact) mass is 268 g/mol. The summed E-state index contributed by atoms with van der Waals surface area (Å²) < 4.78 is 5.44. The van der Waals surface area contributed by atoms with E-state index in [2.05, 4.69) is 10.6 Å². The van der Waals surface area contributed by atoms with Gasteiger partial charge in [-0.15, -0.1) is 0 Å². The average Bonchev–Trinajstić information content (AvgIpc) is 2.72. The highest BCUT2D eigenvalue weighted by Gasteiger charge is 2.08. The molecule has 1 atom stereocenters. The molecule has 1 heterocycles. The van der Waals surface area contributed by atoms with E-state index in [9.17, 15) is 9.59 Å². The largest absolute Gasteiger partial charge is 0.481 e. The van der Waals surface area contributed by atoms with Crippen molar-refractivity contribution in [2.24, 2.45) is 0 Å². The second kappa shape index (κ2) is 7.45. The fourth-order valence-electron chi connectivity index (χ4n) is 1.61. The Labute approximate surface area is 112 Å². The Kier molecular flexibility index (Phi) is 5.92. The van der Waals surface area contributed by atoms with Crippen LogP contribution in [-0.2, 0) is 11.2 Å². The molecule has 1 unspecified atom stereocenters. The highest BCUT2D eigenvalue weighted by Crippen LogP contribution is 2.09. The third-order valence-electron chi connectivity index (χ3n) is 2.62. The van der Waals surface area contributed by atoms with Crippen LogP contribution in [0.15, 0.2) is 16.5 Å². The second-order valence-corrected chi connectivity index (χ2v) is 4.50. The molecule has 1 rings (SSSR count). The zero-order chi connectivity index (χ0) is 14.3. The van der Waals surface area contributed by atoms with Crippen LogP contribution >= 0.6 is 0 Å². The van der Waals surface area contributed by atoms with E-state index in [0.717, 1.165) is 24.4 Å². The maximum absolute atomic E-state index is 11.4. The van der Waals surface area contributed by atoms with E-state index in [1.165, 1.54) is 0 Å². The standard InChI is InChI=1S/C13H20N2O4/c1-9(3-5-11-6-4-10(2)19-11)15-13(18)14-8-7-12(16)17/h4,6,9H,3,5,7-8H2,1-2H3,(H,16,17)(H2,14,15,18). The minimum absolute atomic E-state index is 0.00441. The van der Waals surface area contributed by atoms with Crippen LogP contribution in [0.5, 0.6) is 0 Å². The summed E-state index contributed by atoms with van der Waals surface area (Å²) in [5, 5.41) is 13.7. The number of nitrogens with one attached hydrogen (secondary N) is 2. The lowest BCUT2D eigenvalue weighted by Crippen LogP contribution is -2.41. The minimum atomic E-state index is -0.929. The predicted octanol–water partition coefficient (Wildman–Crippen LogP) is 1.68. The van der Waals surface area contributed by atoms with Gasteiger partial charge in [0.05, 0.1) is 6.42 Å². The molecule has 0 saturated heterocycles. The first-order chi connectivity index (χ1) is 8.97. The highest BCUT2D eigenvalue weighted by atomic mass is 16.4. The summed E-state index contributed by atoms with van der Waals surface area (Å²) in [6.45, 7) is 3.92. The van der Waals surface area contributed by atoms with Gasteiger partial charge in [-0.05, 0) is 32.4 Å². The van der Waals surface area contributed by atoms with Crippen molar-refractivity contribution >= 4 is 12.0 Å². The maximum atomic E-state index is 11.4. The Balaban J connectivity index is 2.17. The molecular weight excluding hydrogens is 248 g/mol. The highest BCUT2D eigenvalue weighted by molar-refractivity contribution is 5.75. The molecule has 106 valence electrons. The fraction of sp³-hybridized carbons (Fsp3) is 0.538. The van der Waals surface area contributed by atoms with Crippen LogP contribution in [0.3, 0.4) is 0 Å².